The standard InChI is InChI=1S/C11H14ClF3N2O2/c1-18-6-8(19-2)5-17-10-9(12)3-7(4-16-10)11(13,14)15/h3-4,8H,5-6H2,1-2H3,(H,16,17). The molecule has 0 saturated heterocycles. The molecule has 0 spiro atoms. The van der Waals surface area contributed by atoms with E-state index in [1.807, 2.05) is 0 Å². The van der Waals surface area contributed by atoms with Gasteiger partial charge >= 0.3 is 6.18 Å². The van der Waals surface area contributed by atoms with Crippen LogP contribution in [-0.4, -0.2) is 38.5 Å². The van der Waals surface area contributed by atoms with Crippen molar-refractivity contribution in [3.05, 3.63) is 22.8 Å². The number of ether oxygens (including phenoxy) is 2. The van der Waals surface area contributed by atoms with E-state index in [9.17, 15) is 13.2 Å². The lowest BCUT2D eigenvalue weighted by atomic mass is 10.2. The van der Waals surface area contributed by atoms with Crippen LogP contribution < -0.4 is 5.32 Å². The molecule has 0 fully saturated rings. The van der Waals surface area contributed by atoms with Crippen LogP contribution in [0.5, 0.6) is 0 Å². The highest BCUT2D eigenvalue weighted by atomic mass is 35.5. The third kappa shape index (κ3) is 4.85. The van der Waals surface area contributed by atoms with Crippen LogP contribution >= 0.6 is 11.6 Å². The normalized spacial score (nSPS) is 13.4. The van der Waals surface area contributed by atoms with Crippen molar-refractivity contribution < 1.29 is 22.6 Å². The number of anilines is 1. The van der Waals surface area contributed by atoms with Crippen LogP contribution in [0.3, 0.4) is 0 Å². The highest BCUT2D eigenvalue weighted by Crippen LogP contribution is 2.32. The summed E-state index contributed by atoms with van der Waals surface area (Å²) in [7, 11) is 3.03. The largest absolute Gasteiger partial charge is 0.417 e. The molecule has 0 aliphatic rings. The van der Waals surface area contributed by atoms with E-state index in [1.54, 1.807) is 0 Å². The van der Waals surface area contributed by atoms with Crippen LogP contribution in [0.1, 0.15) is 5.56 Å². The quantitative estimate of drug-likeness (QED) is 0.877. The monoisotopic (exact) mass is 298 g/mol. The number of nitrogens with one attached hydrogen (secondary N) is 1. The van der Waals surface area contributed by atoms with E-state index in [1.165, 1.54) is 14.2 Å². The first-order chi connectivity index (χ1) is 8.88. The summed E-state index contributed by atoms with van der Waals surface area (Å²) in [4.78, 5) is 3.65. The SMILES string of the molecule is COCC(CNc1ncc(C(F)(F)F)cc1Cl)OC. The number of halogens is 4. The molecule has 108 valence electrons. The van der Waals surface area contributed by atoms with Gasteiger partial charge in [0.1, 0.15) is 5.82 Å². The van der Waals surface area contributed by atoms with Gasteiger partial charge < -0.3 is 14.8 Å². The van der Waals surface area contributed by atoms with Crippen LogP contribution in [0.15, 0.2) is 12.3 Å². The third-order valence-electron chi connectivity index (χ3n) is 2.35. The number of aromatic nitrogens is 1. The maximum atomic E-state index is 12.4. The lowest BCUT2D eigenvalue weighted by molar-refractivity contribution is -0.137. The average Bonchev–Trinajstić information content (AvgIpc) is 2.34. The van der Waals surface area contributed by atoms with Crippen molar-refractivity contribution in [2.45, 2.75) is 12.3 Å². The Morgan fingerprint density at radius 3 is 2.58 bits per heavy atom. The summed E-state index contributed by atoms with van der Waals surface area (Å²) in [5, 5.41) is 2.72. The number of nitrogens with zero attached hydrogens (tertiary/aromatic N) is 1. The van der Waals surface area contributed by atoms with Crippen molar-refractivity contribution >= 4 is 17.4 Å². The van der Waals surface area contributed by atoms with Crippen LogP contribution in [0.2, 0.25) is 5.02 Å². The molecule has 1 heterocycles. The summed E-state index contributed by atoms with van der Waals surface area (Å²) in [6, 6.07) is 0.828. The summed E-state index contributed by atoms with van der Waals surface area (Å²) in [6.45, 7) is 0.671. The van der Waals surface area contributed by atoms with Gasteiger partial charge in [-0.25, -0.2) is 4.98 Å². The highest BCUT2D eigenvalue weighted by molar-refractivity contribution is 6.32. The molecule has 1 atom stereocenters. The topological polar surface area (TPSA) is 43.4 Å². The van der Waals surface area contributed by atoms with Crippen molar-refractivity contribution in [1.82, 2.24) is 4.98 Å². The van der Waals surface area contributed by atoms with E-state index < -0.39 is 11.7 Å². The Kier molecular flexibility index (Phi) is 5.84. The van der Waals surface area contributed by atoms with Gasteiger partial charge in [0.2, 0.25) is 0 Å². The molecule has 0 aliphatic heterocycles. The molecule has 0 aliphatic carbocycles. The minimum Gasteiger partial charge on any atom is -0.382 e. The second kappa shape index (κ2) is 6.93. The molecule has 0 amide bonds. The van der Waals surface area contributed by atoms with E-state index >= 15 is 0 Å². The fraction of sp³-hybridized carbons (Fsp3) is 0.545. The van der Waals surface area contributed by atoms with E-state index in [0.29, 0.717) is 13.2 Å². The van der Waals surface area contributed by atoms with Gasteiger partial charge in [0.25, 0.3) is 0 Å². The zero-order chi connectivity index (χ0) is 14.5. The second-order valence-corrected chi connectivity index (χ2v) is 4.15. The summed E-state index contributed by atoms with van der Waals surface area (Å²) in [5.74, 6) is 0.174. The van der Waals surface area contributed by atoms with Crippen LogP contribution in [0, 0.1) is 0 Å². The van der Waals surface area contributed by atoms with Crippen molar-refractivity contribution in [2.75, 3.05) is 32.7 Å². The molecule has 0 saturated carbocycles. The number of hydrogen-bond donors (Lipinski definition) is 1. The summed E-state index contributed by atoms with van der Waals surface area (Å²) < 4.78 is 47.2. The maximum absolute atomic E-state index is 12.4. The minimum atomic E-state index is -4.46. The van der Waals surface area contributed by atoms with Gasteiger partial charge in [-0.3, -0.25) is 0 Å². The number of hydrogen-bond acceptors (Lipinski definition) is 4. The third-order valence-corrected chi connectivity index (χ3v) is 2.64. The van der Waals surface area contributed by atoms with E-state index in [2.05, 4.69) is 10.3 Å². The van der Waals surface area contributed by atoms with Crippen LogP contribution in [0.25, 0.3) is 0 Å². The Bertz CT molecular complexity index is 415. The first-order valence-electron chi connectivity index (χ1n) is 5.36. The maximum Gasteiger partial charge on any atom is 0.417 e. The van der Waals surface area contributed by atoms with Gasteiger partial charge in [0.05, 0.1) is 23.3 Å². The van der Waals surface area contributed by atoms with Gasteiger partial charge in [0.15, 0.2) is 0 Å². The van der Waals surface area contributed by atoms with E-state index in [0.717, 1.165) is 12.3 Å². The van der Waals surface area contributed by atoms with Gasteiger partial charge in [-0.15, -0.1) is 0 Å². The smallest absolute Gasteiger partial charge is 0.382 e. The first kappa shape index (κ1) is 16.0. The summed E-state index contributed by atoms with van der Waals surface area (Å²) >= 11 is 5.74. The Balaban J connectivity index is 2.70. The number of alkyl halides is 3. The van der Waals surface area contributed by atoms with Gasteiger partial charge in [0, 0.05) is 27.0 Å². The predicted octanol–water partition coefficient (Wildman–Crippen LogP) is 2.83. The molecule has 4 nitrogen and oxygen atoms in total. The lowest BCUT2D eigenvalue weighted by Gasteiger charge is -2.16. The number of rotatable bonds is 6. The van der Waals surface area contributed by atoms with E-state index in [-0.39, 0.29) is 16.9 Å². The van der Waals surface area contributed by atoms with Gasteiger partial charge in [-0.2, -0.15) is 13.2 Å². The molecule has 1 unspecified atom stereocenters. The number of methoxy groups -OCH3 is 2. The van der Waals surface area contributed by atoms with E-state index in [4.69, 9.17) is 21.1 Å². The van der Waals surface area contributed by atoms with Gasteiger partial charge in [-0.05, 0) is 6.07 Å². The lowest BCUT2D eigenvalue weighted by Crippen LogP contribution is -2.27. The first-order valence-corrected chi connectivity index (χ1v) is 5.74. The Morgan fingerprint density at radius 2 is 2.11 bits per heavy atom. The molecular formula is C11H14ClF3N2O2. The molecule has 1 aromatic heterocycles. The molecule has 0 radical (unpaired) electrons. The Labute approximate surface area is 113 Å². The van der Waals surface area contributed by atoms with Crippen LogP contribution in [-0.2, 0) is 15.7 Å². The fourth-order valence-corrected chi connectivity index (χ4v) is 1.56. The molecular weight excluding hydrogens is 285 g/mol. The second-order valence-electron chi connectivity index (χ2n) is 3.75. The fourth-order valence-electron chi connectivity index (χ4n) is 1.33. The summed E-state index contributed by atoms with van der Waals surface area (Å²) in [6.07, 6.45) is -3.97. The molecule has 1 aromatic rings. The van der Waals surface area contributed by atoms with Crippen molar-refractivity contribution in [3.8, 4) is 0 Å². The van der Waals surface area contributed by atoms with Crippen molar-refractivity contribution in [1.29, 1.82) is 0 Å². The zero-order valence-corrected chi connectivity index (χ0v) is 11.2. The average molecular weight is 299 g/mol. The van der Waals surface area contributed by atoms with Crippen LogP contribution in [0.4, 0.5) is 19.0 Å². The zero-order valence-electron chi connectivity index (χ0n) is 10.4. The molecule has 1 N–H and O–H groups in total. The predicted molar refractivity (Wildman–Crippen MR) is 65.4 cm³/mol. The van der Waals surface area contributed by atoms with Crippen molar-refractivity contribution in [3.63, 3.8) is 0 Å². The van der Waals surface area contributed by atoms with Gasteiger partial charge in [-0.1, -0.05) is 11.6 Å². The molecule has 1 rings (SSSR count). The molecule has 0 aromatic carbocycles. The highest BCUT2D eigenvalue weighted by Gasteiger charge is 2.31. The molecule has 19 heavy (non-hydrogen) atoms. The van der Waals surface area contributed by atoms with Crippen molar-refractivity contribution in [2.24, 2.45) is 0 Å². The number of pyridine rings is 1. The Morgan fingerprint density at radius 1 is 1.42 bits per heavy atom. The molecule has 0 bridgehead atoms. The Hall–Kier alpha value is -1.05. The summed E-state index contributed by atoms with van der Waals surface area (Å²) in [5.41, 5.74) is -0.886. The molecule has 8 heteroatoms. The minimum absolute atomic E-state index is 0.0953.